The van der Waals surface area contributed by atoms with Crippen molar-refractivity contribution in [1.82, 2.24) is 10.3 Å². The van der Waals surface area contributed by atoms with Gasteiger partial charge in [0.15, 0.2) is 0 Å². The van der Waals surface area contributed by atoms with Crippen LogP contribution in [0.2, 0.25) is 0 Å². The molecule has 0 saturated carbocycles. The Morgan fingerprint density at radius 1 is 1.33 bits per heavy atom. The van der Waals surface area contributed by atoms with Crippen molar-refractivity contribution in [1.29, 1.82) is 0 Å². The maximum absolute atomic E-state index is 4.74. The molecule has 1 N–H and O–H groups in total. The second-order valence-electron chi connectivity index (χ2n) is 5.31. The van der Waals surface area contributed by atoms with E-state index >= 15 is 0 Å². The molecule has 2 heterocycles. The first-order valence-corrected chi connectivity index (χ1v) is 7.70. The Bertz CT molecular complexity index is 526. The summed E-state index contributed by atoms with van der Waals surface area (Å²) < 4.78 is 1.34. The standard InChI is InChI=1S/C15H20N2S/c1-11-2-4-13-14(10-11)18-15(17-13)5-3-12-6-8-16-9-7-12/h2,4,10,12,16H,3,5-9H2,1H3. The topological polar surface area (TPSA) is 24.9 Å². The normalized spacial score (nSPS) is 17.4. The van der Waals surface area contributed by atoms with E-state index in [4.69, 9.17) is 4.98 Å². The number of hydrogen-bond acceptors (Lipinski definition) is 3. The average Bonchev–Trinajstić information content (AvgIpc) is 2.79. The first kappa shape index (κ1) is 12.1. The lowest BCUT2D eigenvalue weighted by Crippen LogP contribution is -2.27. The Hall–Kier alpha value is -0.930. The Morgan fingerprint density at radius 2 is 2.17 bits per heavy atom. The van der Waals surface area contributed by atoms with Crippen LogP contribution in [0.1, 0.15) is 29.8 Å². The number of hydrogen-bond donors (Lipinski definition) is 1. The van der Waals surface area contributed by atoms with Crippen LogP contribution < -0.4 is 5.32 Å². The van der Waals surface area contributed by atoms with Gasteiger partial charge in [-0.15, -0.1) is 11.3 Å². The predicted molar refractivity (Wildman–Crippen MR) is 78.3 cm³/mol. The molecule has 1 aliphatic rings. The lowest BCUT2D eigenvalue weighted by molar-refractivity contribution is 0.354. The van der Waals surface area contributed by atoms with Crippen LogP contribution in [-0.2, 0) is 6.42 Å². The molecule has 0 unspecified atom stereocenters. The highest BCUT2D eigenvalue weighted by atomic mass is 32.1. The molecular formula is C15H20N2S. The van der Waals surface area contributed by atoms with Gasteiger partial charge in [0.25, 0.3) is 0 Å². The van der Waals surface area contributed by atoms with Gasteiger partial charge in [-0.1, -0.05) is 6.07 Å². The minimum atomic E-state index is 0.903. The van der Waals surface area contributed by atoms with Crippen LogP contribution in [0.25, 0.3) is 10.2 Å². The van der Waals surface area contributed by atoms with Crippen molar-refractivity contribution in [2.75, 3.05) is 13.1 Å². The van der Waals surface area contributed by atoms with Crippen molar-refractivity contribution in [2.24, 2.45) is 5.92 Å². The fourth-order valence-electron chi connectivity index (χ4n) is 2.68. The quantitative estimate of drug-likeness (QED) is 0.913. The fraction of sp³-hybridized carbons (Fsp3) is 0.533. The maximum Gasteiger partial charge on any atom is 0.0938 e. The molecule has 1 saturated heterocycles. The summed E-state index contributed by atoms with van der Waals surface area (Å²) in [5.74, 6) is 0.903. The molecule has 0 spiro atoms. The monoisotopic (exact) mass is 260 g/mol. The molecule has 1 aliphatic heterocycles. The third-order valence-corrected chi connectivity index (χ3v) is 4.89. The van der Waals surface area contributed by atoms with E-state index in [-0.39, 0.29) is 0 Å². The van der Waals surface area contributed by atoms with E-state index in [9.17, 15) is 0 Å². The summed E-state index contributed by atoms with van der Waals surface area (Å²) in [6.45, 7) is 4.54. The van der Waals surface area contributed by atoms with Crippen molar-refractivity contribution in [2.45, 2.75) is 32.6 Å². The second-order valence-corrected chi connectivity index (χ2v) is 6.43. The molecule has 0 radical (unpaired) electrons. The van der Waals surface area contributed by atoms with Gasteiger partial charge in [0.05, 0.1) is 15.2 Å². The van der Waals surface area contributed by atoms with Gasteiger partial charge in [-0.25, -0.2) is 4.98 Å². The largest absolute Gasteiger partial charge is 0.317 e. The van der Waals surface area contributed by atoms with Gasteiger partial charge < -0.3 is 5.32 Å². The number of piperidine rings is 1. The summed E-state index contributed by atoms with van der Waals surface area (Å²) in [4.78, 5) is 4.74. The Morgan fingerprint density at radius 3 is 3.00 bits per heavy atom. The van der Waals surface area contributed by atoms with E-state index in [0.717, 1.165) is 12.3 Å². The predicted octanol–water partition coefficient (Wildman–Crippen LogP) is 3.54. The van der Waals surface area contributed by atoms with Gasteiger partial charge >= 0.3 is 0 Å². The number of thiazole rings is 1. The zero-order chi connectivity index (χ0) is 12.4. The van der Waals surface area contributed by atoms with Crippen LogP contribution >= 0.6 is 11.3 Å². The van der Waals surface area contributed by atoms with Crippen LogP contribution in [0.4, 0.5) is 0 Å². The molecule has 1 fully saturated rings. The number of fused-ring (bicyclic) bond motifs is 1. The number of nitrogens with zero attached hydrogens (tertiary/aromatic N) is 1. The smallest absolute Gasteiger partial charge is 0.0938 e. The van der Waals surface area contributed by atoms with Gasteiger partial charge in [0.2, 0.25) is 0 Å². The molecule has 2 aromatic rings. The molecule has 3 rings (SSSR count). The molecule has 0 atom stereocenters. The maximum atomic E-state index is 4.74. The summed E-state index contributed by atoms with van der Waals surface area (Å²) in [5.41, 5.74) is 2.50. The number of rotatable bonds is 3. The minimum absolute atomic E-state index is 0.903. The number of aromatic nitrogens is 1. The molecule has 0 amide bonds. The molecule has 0 aliphatic carbocycles. The van der Waals surface area contributed by atoms with Gasteiger partial charge in [0.1, 0.15) is 0 Å². The SMILES string of the molecule is Cc1ccc2nc(CCC3CCNCC3)sc2c1. The Labute approximate surface area is 112 Å². The highest BCUT2D eigenvalue weighted by Gasteiger charge is 2.13. The van der Waals surface area contributed by atoms with Crippen molar-refractivity contribution >= 4 is 21.6 Å². The number of aryl methyl sites for hydroxylation is 2. The van der Waals surface area contributed by atoms with E-state index < -0.39 is 0 Å². The highest BCUT2D eigenvalue weighted by molar-refractivity contribution is 7.18. The summed E-state index contributed by atoms with van der Waals surface area (Å²) in [5, 5.41) is 4.74. The summed E-state index contributed by atoms with van der Waals surface area (Å²) >= 11 is 1.87. The zero-order valence-electron chi connectivity index (χ0n) is 10.9. The van der Waals surface area contributed by atoms with E-state index in [2.05, 4.69) is 30.4 Å². The third kappa shape index (κ3) is 2.73. The van der Waals surface area contributed by atoms with Gasteiger partial charge in [-0.3, -0.25) is 0 Å². The minimum Gasteiger partial charge on any atom is -0.317 e. The number of benzene rings is 1. The third-order valence-electron chi connectivity index (χ3n) is 3.81. The Kier molecular flexibility index (Phi) is 3.62. The molecule has 96 valence electrons. The molecule has 3 heteroatoms. The van der Waals surface area contributed by atoms with Crippen molar-refractivity contribution in [3.63, 3.8) is 0 Å². The van der Waals surface area contributed by atoms with E-state index in [1.54, 1.807) is 0 Å². The lowest BCUT2D eigenvalue weighted by atomic mass is 9.93. The van der Waals surface area contributed by atoms with Crippen LogP contribution in [-0.4, -0.2) is 18.1 Å². The molecular weight excluding hydrogens is 240 g/mol. The second kappa shape index (κ2) is 5.37. The van der Waals surface area contributed by atoms with Crippen LogP contribution in [0, 0.1) is 12.8 Å². The highest BCUT2D eigenvalue weighted by Crippen LogP contribution is 2.26. The van der Waals surface area contributed by atoms with Gasteiger partial charge in [0, 0.05) is 0 Å². The summed E-state index contributed by atoms with van der Waals surface area (Å²) in [6, 6.07) is 6.55. The molecule has 0 bridgehead atoms. The average molecular weight is 260 g/mol. The van der Waals surface area contributed by atoms with Gasteiger partial charge in [-0.05, 0) is 69.3 Å². The van der Waals surface area contributed by atoms with E-state index in [0.29, 0.717) is 0 Å². The lowest BCUT2D eigenvalue weighted by Gasteiger charge is -2.21. The summed E-state index contributed by atoms with van der Waals surface area (Å²) in [6.07, 6.45) is 5.14. The van der Waals surface area contributed by atoms with Crippen LogP contribution in [0.15, 0.2) is 18.2 Å². The molecule has 1 aromatic heterocycles. The van der Waals surface area contributed by atoms with Crippen molar-refractivity contribution < 1.29 is 0 Å². The fourth-order valence-corrected chi connectivity index (χ4v) is 3.77. The molecule has 2 nitrogen and oxygen atoms in total. The van der Waals surface area contributed by atoms with Gasteiger partial charge in [-0.2, -0.15) is 0 Å². The van der Waals surface area contributed by atoms with E-state index in [1.165, 1.54) is 53.1 Å². The molecule has 1 aromatic carbocycles. The molecule has 18 heavy (non-hydrogen) atoms. The zero-order valence-corrected chi connectivity index (χ0v) is 11.7. The van der Waals surface area contributed by atoms with Crippen molar-refractivity contribution in [3.8, 4) is 0 Å². The number of nitrogens with one attached hydrogen (secondary N) is 1. The first-order chi connectivity index (χ1) is 8.81. The Balaban J connectivity index is 1.67. The van der Waals surface area contributed by atoms with Crippen LogP contribution in [0.5, 0.6) is 0 Å². The van der Waals surface area contributed by atoms with Crippen LogP contribution in [0.3, 0.4) is 0 Å². The van der Waals surface area contributed by atoms with E-state index in [1.807, 2.05) is 11.3 Å². The summed E-state index contributed by atoms with van der Waals surface area (Å²) in [7, 11) is 0. The first-order valence-electron chi connectivity index (χ1n) is 6.88. The van der Waals surface area contributed by atoms with Crippen molar-refractivity contribution in [3.05, 3.63) is 28.8 Å².